The van der Waals surface area contributed by atoms with E-state index in [4.69, 9.17) is 5.73 Å². The van der Waals surface area contributed by atoms with E-state index < -0.39 is 0 Å². The predicted octanol–water partition coefficient (Wildman–Crippen LogP) is 4.93. The van der Waals surface area contributed by atoms with Gasteiger partial charge in [0.25, 0.3) is 0 Å². The molecule has 1 saturated carbocycles. The maximum absolute atomic E-state index is 6.36. The first kappa shape index (κ1) is 11.7. The third kappa shape index (κ3) is 2.56. The minimum Gasteiger partial charge on any atom is -0.323 e. The van der Waals surface area contributed by atoms with Gasteiger partial charge in [0.15, 0.2) is 0 Å². The summed E-state index contributed by atoms with van der Waals surface area (Å²) < 4.78 is 2.81. The first-order chi connectivity index (χ1) is 8.33. The SMILES string of the molecule is NC(CC1CCCCC1)c1cc2sccc2s1. The van der Waals surface area contributed by atoms with Crippen LogP contribution in [0.2, 0.25) is 0 Å². The van der Waals surface area contributed by atoms with Crippen molar-refractivity contribution in [3.05, 3.63) is 22.4 Å². The summed E-state index contributed by atoms with van der Waals surface area (Å²) in [6.45, 7) is 0. The molecule has 0 aromatic carbocycles. The van der Waals surface area contributed by atoms with Crippen molar-refractivity contribution in [3.63, 3.8) is 0 Å². The lowest BCUT2D eigenvalue weighted by Gasteiger charge is -2.24. The first-order valence-corrected chi connectivity index (χ1v) is 8.25. The van der Waals surface area contributed by atoms with Gasteiger partial charge >= 0.3 is 0 Å². The van der Waals surface area contributed by atoms with Crippen molar-refractivity contribution in [2.24, 2.45) is 11.7 Å². The average Bonchev–Trinajstić information content (AvgIpc) is 2.90. The zero-order chi connectivity index (χ0) is 11.7. The van der Waals surface area contributed by atoms with Gasteiger partial charge in [0.05, 0.1) is 0 Å². The van der Waals surface area contributed by atoms with E-state index in [1.54, 1.807) is 0 Å². The smallest absolute Gasteiger partial charge is 0.0454 e. The Bertz CT molecular complexity index is 451. The van der Waals surface area contributed by atoms with Crippen molar-refractivity contribution in [1.29, 1.82) is 0 Å². The Morgan fingerprint density at radius 3 is 2.82 bits per heavy atom. The minimum absolute atomic E-state index is 0.266. The summed E-state index contributed by atoms with van der Waals surface area (Å²) >= 11 is 3.71. The van der Waals surface area contributed by atoms with Crippen LogP contribution in [0.25, 0.3) is 9.40 Å². The van der Waals surface area contributed by atoms with E-state index in [-0.39, 0.29) is 6.04 Å². The number of hydrogen-bond acceptors (Lipinski definition) is 3. The third-order valence-electron chi connectivity index (χ3n) is 3.84. The molecular weight excluding hydrogens is 246 g/mol. The normalized spacial score (nSPS) is 19.8. The molecule has 1 aliphatic rings. The Hall–Kier alpha value is -0.380. The van der Waals surface area contributed by atoms with Crippen molar-refractivity contribution in [3.8, 4) is 0 Å². The van der Waals surface area contributed by atoms with Crippen molar-refractivity contribution in [1.82, 2.24) is 0 Å². The van der Waals surface area contributed by atoms with Gasteiger partial charge in [-0.1, -0.05) is 32.1 Å². The van der Waals surface area contributed by atoms with Gasteiger partial charge in [0, 0.05) is 20.3 Å². The van der Waals surface area contributed by atoms with Crippen LogP contribution >= 0.6 is 22.7 Å². The minimum atomic E-state index is 0.266. The molecule has 0 spiro atoms. The molecule has 1 fully saturated rings. The standard InChI is InChI=1S/C14H19NS2/c15-11(8-10-4-2-1-3-5-10)13-9-14-12(17-13)6-7-16-14/h6-7,9-11H,1-5,8,15H2. The monoisotopic (exact) mass is 265 g/mol. The molecule has 0 bridgehead atoms. The fourth-order valence-electron chi connectivity index (χ4n) is 2.87. The number of thiophene rings is 2. The van der Waals surface area contributed by atoms with Crippen LogP contribution in [0.4, 0.5) is 0 Å². The number of rotatable bonds is 3. The Morgan fingerprint density at radius 2 is 2.06 bits per heavy atom. The van der Waals surface area contributed by atoms with Gasteiger partial charge in [0.1, 0.15) is 0 Å². The summed E-state index contributed by atoms with van der Waals surface area (Å²) in [5, 5.41) is 2.16. The number of nitrogens with two attached hydrogens (primary N) is 1. The van der Waals surface area contributed by atoms with E-state index in [2.05, 4.69) is 17.5 Å². The molecule has 3 heteroatoms. The lowest BCUT2D eigenvalue weighted by atomic mass is 9.85. The molecular formula is C14H19NS2. The molecule has 2 aromatic heterocycles. The second-order valence-electron chi connectivity index (χ2n) is 5.14. The van der Waals surface area contributed by atoms with Gasteiger partial charge < -0.3 is 5.73 Å². The molecule has 1 nitrogen and oxygen atoms in total. The first-order valence-electron chi connectivity index (χ1n) is 6.55. The van der Waals surface area contributed by atoms with E-state index in [0.717, 1.165) is 5.92 Å². The lowest BCUT2D eigenvalue weighted by molar-refractivity contribution is 0.320. The van der Waals surface area contributed by atoms with E-state index in [1.807, 2.05) is 22.7 Å². The fourth-order valence-corrected chi connectivity index (χ4v) is 5.00. The van der Waals surface area contributed by atoms with Crippen molar-refractivity contribution >= 4 is 32.1 Å². The highest BCUT2D eigenvalue weighted by molar-refractivity contribution is 7.26. The van der Waals surface area contributed by atoms with Gasteiger partial charge in [0.2, 0.25) is 0 Å². The second-order valence-corrected chi connectivity index (χ2v) is 7.21. The molecule has 0 amide bonds. The van der Waals surface area contributed by atoms with Gasteiger partial charge in [-0.15, -0.1) is 22.7 Å². The molecule has 17 heavy (non-hydrogen) atoms. The molecule has 0 saturated heterocycles. The number of hydrogen-bond donors (Lipinski definition) is 1. The summed E-state index contributed by atoms with van der Waals surface area (Å²) in [6, 6.07) is 4.78. The Kier molecular flexibility index (Phi) is 3.50. The van der Waals surface area contributed by atoms with E-state index in [1.165, 1.54) is 52.8 Å². The quantitative estimate of drug-likeness (QED) is 0.836. The summed E-state index contributed by atoms with van der Waals surface area (Å²) in [7, 11) is 0. The average molecular weight is 265 g/mol. The van der Waals surface area contributed by atoms with Crippen LogP contribution < -0.4 is 5.73 Å². The second kappa shape index (κ2) is 5.09. The van der Waals surface area contributed by atoms with Crippen LogP contribution in [-0.4, -0.2) is 0 Å². The van der Waals surface area contributed by atoms with Crippen LogP contribution in [0.1, 0.15) is 49.4 Å². The molecule has 0 radical (unpaired) electrons. The van der Waals surface area contributed by atoms with Crippen molar-refractivity contribution < 1.29 is 0 Å². The van der Waals surface area contributed by atoms with Crippen LogP contribution in [0.3, 0.4) is 0 Å². The van der Waals surface area contributed by atoms with E-state index in [9.17, 15) is 0 Å². The Morgan fingerprint density at radius 1 is 1.24 bits per heavy atom. The molecule has 1 unspecified atom stereocenters. The topological polar surface area (TPSA) is 26.0 Å². The fraction of sp³-hybridized carbons (Fsp3) is 0.571. The van der Waals surface area contributed by atoms with Gasteiger partial charge in [-0.25, -0.2) is 0 Å². The lowest BCUT2D eigenvalue weighted by Crippen LogP contribution is -2.16. The molecule has 2 N–H and O–H groups in total. The number of fused-ring (bicyclic) bond motifs is 1. The third-order valence-corrected chi connectivity index (χ3v) is 6.06. The van der Waals surface area contributed by atoms with Crippen LogP contribution in [0, 0.1) is 5.92 Å². The van der Waals surface area contributed by atoms with Crippen LogP contribution in [0.5, 0.6) is 0 Å². The summed E-state index contributed by atoms with van der Waals surface area (Å²) in [5.41, 5.74) is 6.36. The van der Waals surface area contributed by atoms with Gasteiger partial charge in [-0.3, -0.25) is 0 Å². The predicted molar refractivity (Wildman–Crippen MR) is 77.8 cm³/mol. The Labute approximate surface area is 111 Å². The van der Waals surface area contributed by atoms with Crippen molar-refractivity contribution in [2.75, 3.05) is 0 Å². The molecule has 3 rings (SSSR count). The highest BCUT2D eigenvalue weighted by Gasteiger charge is 2.19. The molecule has 92 valence electrons. The summed E-state index contributed by atoms with van der Waals surface area (Å²) in [6.07, 6.45) is 8.24. The van der Waals surface area contributed by atoms with Crippen LogP contribution in [-0.2, 0) is 0 Å². The van der Waals surface area contributed by atoms with Crippen molar-refractivity contribution in [2.45, 2.75) is 44.6 Å². The van der Waals surface area contributed by atoms with E-state index in [0.29, 0.717) is 0 Å². The highest BCUT2D eigenvalue weighted by atomic mass is 32.1. The maximum Gasteiger partial charge on any atom is 0.0454 e. The zero-order valence-electron chi connectivity index (χ0n) is 10.0. The van der Waals surface area contributed by atoms with Gasteiger partial charge in [-0.05, 0) is 29.9 Å². The zero-order valence-corrected chi connectivity index (χ0v) is 11.7. The van der Waals surface area contributed by atoms with E-state index >= 15 is 0 Å². The molecule has 1 aliphatic carbocycles. The molecule has 2 aromatic rings. The molecule has 1 atom stereocenters. The van der Waals surface area contributed by atoms with Gasteiger partial charge in [-0.2, -0.15) is 0 Å². The molecule has 0 aliphatic heterocycles. The summed E-state index contributed by atoms with van der Waals surface area (Å²) in [4.78, 5) is 1.39. The largest absolute Gasteiger partial charge is 0.323 e. The Balaban J connectivity index is 1.68. The highest BCUT2D eigenvalue weighted by Crippen LogP contribution is 2.36. The maximum atomic E-state index is 6.36. The molecule has 2 heterocycles. The van der Waals surface area contributed by atoms with Crippen LogP contribution in [0.15, 0.2) is 17.5 Å². The summed E-state index contributed by atoms with van der Waals surface area (Å²) in [5.74, 6) is 0.874.